The molecule has 1 aromatic heterocycles. The molecule has 1 amide bonds. The Morgan fingerprint density at radius 2 is 2.00 bits per heavy atom. The molecule has 0 spiro atoms. The lowest BCUT2D eigenvalue weighted by Gasteiger charge is -2.38. The van der Waals surface area contributed by atoms with Crippen molar-refractivity contribution >= 4 is 17.5 Å². The Balaban J connectivity index is 1.66. The second-order valence-corrected chi connectivity index (χ2v) is 7.31. The van der Waals surface area contributed by atoms with E-state index in [1.807, 2.05) is 18.2 Å². The average Bonchev–Trinajstić information content (AvgIpc) is 2.71. The van der Waals surface area contributed by atoms with Gasteiger partial charge in [0, 0.05) is 42.5 Å². The van der Waals surface area contributed by atoms with E-state index >= 15 is 0 Å². The Morgan fingerprint density at radius 1 is 1.24 bits per heavy atom. The van der Waals surface area contributed by atoms with Crippen molar-refractivity contribution in [3.05, 3.63) is 58.7 Å². The van der Waals surface area contributed by atoms with Crippen LogP contribution in [0, 0.1) is 0 Å². The normalized spacial score (nSPS) is 16.3. The lowest BCUT2D eigenvalue weighted by atomic mass is 9.74. The Morgan fingerprint density at radius 3 is 2.62 bits per heavy atom. The quantitative estimate of drug-likeness (QED) is 0.750. The summed E-state index contributed by atoms with van der Waals surface area (Å²) in [5.41, 5.74) is 0.961. The number of benzene rings is 1. The highest BCUT2D eigenvalue weighted by Gasteiger charge is 2.35. The number of alkyl halides is 3. The molecule has 1 aromatic carbocycles. The van der Waals surface area contributed by atoms with Gasteiger partial charge < -0.3 is 14.8 Å². The molecule has 0 saturated carbocycles. The van der Waals surface area contributed by atoms with Gasteiger partial charge in [-0.2, -0.15) is 13.2 Å². The van der Waals surface area contributed by atoms with Crippen LogP contribution in [0.1, 0.15) is 28.8 Å². The maximum atomic E-state index is 12.5. The van der Waals surface area contributed by atoms with Gasteiger partial charge in [0.2, 0.25) is 5.88 Å². The van der Waals surface area contributed by atoms with E-state index in [9.17, 15) is 18.0 Å². The van der Waals surface area contributed by atoms with Crippen LogP contribution >= 0.6 is 11.6 Å². The number of carbonyl (C=O) groups excluding carboxylic acids is 1. The van der Waals surface area contributed by atoms with Gasteiger partial charge in [0.1, 0.15) is 0 Å². The summed E-state index contributed by atoms with van der Waals surface area (Å²) in [4.78, 5) is 16.3. The predicted octanol–water partition coefficient (Wildman–Crippen LogP) is 4.15. The minimum absolute atomic E-state index is 0.196. The van der Waals surface area contributed by atoms with Gasteiger partial charge in [0.15, 0.2) is 6.61 Å². The first-order valence-electron chi connectivity index (χ1n) is 9.05. The molecule has 156 valence electrons. The van der Waals surface area contributed by atoms with E-state index in [4.69, 9.17) is 16.3 Å². The highest BCUT2D eigenvalue weighted by Crippen LogP contribution is 2.35. The van der Waals surface area contributed by atoms with Crippen molar-refractivity contribution in [1.29, 1.82) is 0 Å². The zero-order valence-electron chi connectivity index (χ0n) is 15.5. The van der Waals surface area contributed by atoms with E-state index in [2.05, 4.69) is 15.0 Å². The van der Waals surface area contributed by atoms with Crippen LogP contribution < -0.4 is 10.1 Å². The summed E-state index contributed by atoms with van der Waals surface area (Å²) < 4.78 is 46.6. The third kappa shape index (κ3) is 5.83. The molecule has 2 aromatic rings. The van der Waals surface area contributed by atoms with Crippen LogP contribution in [0.5, 0.6) is 5.88 Å². The number of amides is 1. The third-order valence-electron chi connectivity index (χ3n) is 4.86. The number of nitrogens with one attached hydrogen (secondary N) is 1. The van der Waals surface area contributed by atoms with E-state index < -0.39 is 12.8 Å². The summed E-state index contributed by atoms with van der Waals surface area (Å²) in [5, 5.41) is 3.53. The number of ether oxygens (including phenoxy) is 2. The van der Waals surface area contributed by atoms with E-state index in [1.165, 1.54) is 18.3 Å². The molecule has 0 atom stereocenters. The number of rotatable bonds is 6. The molecule has 1 fully saturated rings. The van der Waals surface area contributed by atoms with Crippen molar-refractivity contribution in [1.82, 2.24) is 10.3 Å². The second kappa shape index (κ2) is 9.00. The summed E-state index contributed by atoms with van der Waals surface area (Å²) in [6, 6.07) is 10.2. The second-order valence-electron chi connectivity index (χ2n) is 6.87. The zero-order valence-corrected chi connectivity index (χ0v) is 16.2. The topological polar surface area (TPSA) is 60.5 Å². The first-order valence-corrected chi connectivity index (χ1v) is 9.43. The molecular weight excluding hydrogens is 409 g/mol. The van der Waals surface area contributed by atoms with Gasteiger partial charge in [-0.15, -0.1) is 0 Å². The standard InChI is InChI=1S/C20H20ClF3N2O3/c21-16-3-1-2-15(10-16)19(6-8-28-9-7-19)12-26-18(27)14-4-5-17(25-11-14)29-13-20(22,23)24/h1-5,10-11H,6-9,12-13H2,(H,26,27). The van der Waals surface area contributed by atoms with Crippen molar-refractivity contribution in [3.63, 3.8) is 0 Å². The van der Waals surface area contributed by atoms with Crippen molar-refractivity contribution in [2.24, 2.45) is 0 Å². The molecule has 0 bridgehead atoms. The molecular formula is C20H20ClF3N2O3. The largest absolute Gasteiger partial charge is 0.468 e. The lowest BCUT2D eigenvalue weighted by Crippen LogP contribution is -2.44. The SMILES string of the molecule is O=C(NCC1(c2cccc(Cl)c2)CCOCC1)c1ccc(OCC(F)(F)F)nc1. The maximum Gasteiger partial charge on any atom is 0.422 e. The molecule has 0 unspecified atom stereocenters. The van der Waals surface area contributed by atoms with E-state index in [0.29, 0.717) is 24.8 Å². The van der Waals surface area contributed by atoms with Crippen LogP contribution in [0.15, 0.2) is 42.6 Å². The molecule has 2 heterocycles. The number of pyridine rings is 1. The van der Waals surface area contributed by atoms with Crippen molar-refractivity contribution in [2.45, 2.75) is 24.4 Å². The molecule has 0 aliphatic carbocycles. The van der Waals surface area contributed by atoms with E-state index in [1.54, 1.807) is 6.07 Å². The molecule has 0 radical (unpaired) electrons. The van der Waals surface area contributed by atoms with Crippen LogP contribution in [-0.4, -0.2) is 43.4 Å². The summed E-state index contributed by atoms with van der Waals surface area (Å²) in [6.07, 6.45) is -1.79. The van der Waals surface area contributed by atoms with Crippen LogP contribution in [0.2, 0.25) is 5.02 Å². The highest BCUT2D eigenvalue weighted by atomic mass is 35.5. The van der Waals surface area contributed by atoms with E-state index in [-0.39, 0.29) is 22.8 Å². The fourth-order valence-corrected chi connectivity index (χ4v) is 3.45. The zero-order chi connectivity index (χ0) is 20.9. The monoisotopic (exact) mass is 428 g/mol. The highest BCUT2D eigenvalue weighted by molar-refractivity contribution is 6.30. The summed E-state index contributed by atoms with van der Waals surface area (Å²) in [5.74, 6) is -0.563. The van der Waals surface area contributed by atoms with Gasteiger partial charge in [0.05, 0.1) is 5.56 Å². The summed E-state index contributed by atoms with van der Waals surface area (Å²) >= 11 is 6.14. The minimum Gasteiger partial charge on any atom is -0.468 e. The molecule has 5 nitrogen and oxygen atoms in total. The fraction of sp³-hybridized carbons (Fsp3) is 0.400. The summed E-state index contributed by atoms with van der Waals surface area (Å²) in [6.45, 7) is 0.0992. The molecule has 1 saturated heterocycles. The van der Waals surface area contributed by atoms with Gasteiger partial charge in [-0.05, 0) is 36.6 Å². The van der Waals surface area contributed by atoms with Crippen LogP contribution in [-0.2, 0) is 10.2 Å². The Bertz CT molecular complexity index is 838. The molecule has 1 aliphatic rings. The van der Waals surface area contributed by atoms with Gasteiger partial charge in [-0.25, -0.2) is 4.98 Å². The first kappa shape index (κ1) is 21.4. The molecule has 29 heavy (non-hydrogen) atoms. The van der Waals surface area contributed by atoms with Crippen LogP contribution in [0.3, 0.4) is 0 Å². The lowest BCUT2D eigenvalue weighted by molar-refractivity contribution is -0.154. The number of hydrogen-bond donors (Lipinski definition) is 1. The number of hydrogen-bond acceptors (Lipinski definition) is 4. The molecule has 9 heteroatoms. The Kier molecular flexibility index (Phi) is 6.64. The number of aromatic nitrogens is 1. The van der Waals surface area contributed by atoms with E-state index in [0.717, 1.165) is 18.4 Å². The Labute approximate surface area is 171 Å². The number of halogens is 4. The predicted molar refractivity (Wildman–Crippen MR) is 101 cm³/mol. The van der Waals surface area contributed by atoms with Gasteiger partial charge >= 0.3 is 6.18 Å². The van der Waals surface area contributed by atoms with Crippen molar-refractivity contribution in [3.8, 4) is 5.88 Å². The fourth-order valence-electron chi connectivity index (χ4n) is 3.26. The van der Waals surface area contributed by atoms with Crippen LogP contribution in [0.25, 0.3) is 0 Å². The smallest absolute Gasteiger partial charge is 0.422 e. The van der Waals surface area contributed by atoms with Gasteiger partial charge in [-0.1, -0.05) is 23.7 Å². The van der Waals surface area contributed by atoms with Crippen molar-refractivity contribution < 1.29 is 27.4 Å². The number of carbonyl (C=O) groups is 1. The van der Waals surface area contributed by atoms with Gasteiger partial charge in [-0.3, -0.25) is 4.79 Å². The van der Waals surface area contributed by atoms with Crippen molar-refractivity contribution in [2.75, 3.05) is 26.4 Å². The summed E-state index contributed by atoms with van der Waals surface area (Å²) in [7, 11) is 0. The third-order valence-corrected chi connectivity index (χ3v) is 5.09. The molecule has 1 N–H and O–H groups in total. The average molecular weight is 429 g/mol. The minimum atomic E-state index is -4.45. The molecule has 3 rings (SSSR count). The van der Waals surface area contributed by atoms with Gasteiger partial charge in [0.25, 0.3) is 5.91 Å². The maximum absolute atomic E-state index is 12.5. The van der Waals surface area contributed by atoms with Crippen LogP contribution in [0.4, 0.5) is 13.2 Å². The first-order chi connectivity index (χ1) is 13.8. The Hall–Kier alpha value is -2.32. The number of nitrogens with zero attached hydrogens (tertiary/aromatic N) is 1. The molecule has 1 aliphatic heterocycles.